The summed E-state index contributed by atoms with van der Waals surface area (Å²) in [6.07, 6.45) is 1.08. The molecule has 4 nitrogen and oxygen atoms in total. The summed E-state index contributed by atoms with van der Waals surface area (Å²) in [6.45, 7) is 3.06. The number of nitrogens with one attached hydrogen (secondary N) is 1. The van der Waals surface area contributed by atoms with Crippen molar-refractivity contribution in [3.63, 3.8) is 0 Å². The third-order valence-corrected chi connectivity index (χ3v) is 5.06. The molecular formula is C19H21BrN2O2. The highest BCUT2D eigenvalue weighted by atomic mass is 79.9. The second-order valence-electron chi connectivity index (χ2n) is 6.33. The minimum absolute atomic E-state index is 0.113. The average Bonchev–Trinajstić information content (AvgIpc) is 2.56. The van der Waals surface area contributed by atoms with Crippen molar-refractivity contribution in [3.05, 3.63) is 64.1 Å². The van der Waals surface area contributed by atoms with E-state index in [-0.39, 0.29) is 6.03 Å². The quantitative estimate of drug-likeness (QED) is 0.806. The number of anilines is 1. The van der Waals surface area contributed by atoms with Gasteiger partial charge in [0.15, 0.2) is 0 Å². The zero-order valence-corrected chi connectivity index (χ0v) is 15.2. The summed E-state index contributed by atoms with van der Waals surface area (Å²) in [5, 5.41) is 13.8. The van der Waals surface area contributed by atoms with Gasteiger partial charge in [0.05, 0.1) is 5.60 Å². The third kappa shape index (κ3) is 3.79. The summed E-state index contributed by atoms with van der Waals surface area (Å²) in [5.41, 5.74) is 1.95. The van der Waals surface area contributed by atoms with Crippen LogP contribution in [-0.4, -0.2) is 29.1 Å². The minimum atomic E-state index is -0.860. The fourth-order valence-electron chi connectivity index (χ4n) is 3.05. The van der Waals surface area contributed by atoms with Crippen LogP contribution in [0.25, 0.3) is 0 Å². The maximum Gasteiger partial charge on any atom is 0.321 e. The van der Waals surface area contributed by atoms with E-state index in [0.717, 1.165) is 21.3 Å². The van der Waals surface area contributed by atoms with Gasteiger partial charge in [-0.2, -0.15) is 0 Å². The molecule has 1 saturated heterocycles. The number of likely N-dealkylation sites (tertiary alicyclic amines) is 1. The number of urea groups is 1. The standard InChI is InChI=1S/C19H21BrN2O2/c1-14-3-2-4-17(13-14)21-18(23)22-11-9-19(24,10-12-22)15-5-7-16(20)8-6-15/h2-8,13,24H,9-12H2,1H3,(H,21,23). The van der Waals surface area contributed by atoms with E-state index < -0.39 is 5.60 Å². The molecule has 126 valence electrons. The summed E-state index contributed by atoms with van der Waals surface area (Å²) in [7, 11) is 0. The fourth-order valence-corrected chi connectivity index (χ4v) is 3.32. The van der Waals surface area contributed by atoms with Crippen molar-refractivity contribution in [2.75, 3.05) is 18.4 Å². The Bertz CT molecular complexity index is 722. The van der Waals surface area contributed by atoms with E-state index >= 15 is 0 Å². The molecule has 0 unspecified atom stereocenters. The van der Waals surface area contributed by atoms with E-state index in [4.69, 9.17) is 0 Å². The second-order valence-corrected chi connectivity index (χ2v) is 7.24. The Labute approximate surface area is 150 Å². The maximum atomic E-state index is 12.4. The van der Waals surface area contributed by atoms with Gasteiger partial charge in [0.2, 0.25) is 0 Å². The van der Waals surface area contributed by atoms with Crippen molar-refractivity contribution in [2.24, 2.45) is 0 Å². The van der Waals surface area contributed by atoms with Gasteiger partial charge < -0.3 is 15.3 Å². The first kappa shape index (κ1) is 17.0. The lowest BCUT2D eigenvalue weighted by Gasteiger charge is -2.38. The largest absolute Gasteiger partial charge is 0.385 e. The zero-order valence-electron chi connectivity index (χ0n) is 13.6. The molecule has 0 aliphatic carbocycles. The number of nitrogens with zero attached hydrogens (tertiary/aromatic N) is 1. The number of piperidine rings is 1. The van der Waals surface area contributed by atoms with E-state index in [1.54, 1.807) is 4.90 Å². The number of carbonyl (C=O) groups is 1. The van der Waals surface area contributed by atoms with Crippen LogP contribution in [0.2, 0.25) is 0 Å². The molecule has 2 aromatic carbocycles. The Hall–Kier alpha value is -1.85. The molecule has 24 heavy (non-hydrogen) atoms. The Balaban J connectivity index is 1.62. The van der Waals surface area contributed by atoms with Crippen LogP contribution in [-0.2, 0) is 5.60 Å². The van der Waals surface area contributed by atoms with Crippen LogP contribution in [0.1, 0.15) is 24.0 Å². The first-order valence-electron chi connectivity index (χ1n) is 8.07. The summed E-state index contributed by atoms with van der Waals surface area (Å²) in [4.78, 5) is 14.2. The van der Waals surface area contributed by atoms with E-state index in [1.165, 1.54) is 0 Å². The molecule has 0 aromatic heterocycles. The SMILES string of the molecule is Cc1cccc(NC(=O)N2CCC(O)(c3ccc(Br)cc3)CC2)c1. The number of halogens is 1. The van der Waals surface area contributed by atoms with Crippen LogP contribution in [0.15, 0.2) is 53.0 Å². The van der Waals surface area contributed by atoms with Gasteiger partial charge in [-0.25, -0.2) is 4.79 Å². The van der Waals surface area contributed by atoms with Crippen LogP contribution >= 0.6 is 15.9 Å². The van der Waals surface area contributed by atoms with Gasteiger partial charge in [0.25, 0.3) is 0 Å². The van der Waals surface area contributed by atoms with Gasteiger partial charge in [0, 0.05) is 23.2 Å². The smallest absolute Gasteiger partial charge is 0.321 e. The van der Waals surface area contributed by atoms with Crippen molar-refractivity contribution in [1.29, 1.82) is 0 Å². The first-order chi connectivity index (χ1) is 11.5. The van der Waals surface area contributed by atoms with Gasteiger partial charge in [-0.1, -0.05) is 40.2 Å². The van der Waals surface area contributed by atoms with Crippen molar-refractivity contribution in [2.45, 2.75) is 25.4 Å². The molecule has 5 heteroatoms. The van der Waals surface area contributed by atoms with Crippen molar-refractivity contribution in [1.82, 2.24) is 4.90 Å². The van der Waals surface area contributed by atoms with Crippen molar-refractivity contribution < 1.29 is 9.90 Å². The number of aryl methyl sites for hydroxylation is 1. The van der Waals surface area contributed by atoms with Crippen LogP contribution in [0.4, 0.5) is 10.5 Å². The molecule has 2 aromatic rings. The Kier molecular flexibility index (Phi) is 4.92. The lowest BCUT2D eigenvalue weighted by Crippen LogP contribution is -2.46. The van der Waals surface area contributed by atoms with Gasteiger partial charge in [0.1, 0.15) is 0 Å². The normalized spacial score (nSPS) is 16.7. The Morgan fingerprint density at radius 1 is 1.17 bits per heavy atom. The highest BCUT2D eigenvalue weighted by molar-refractivity contribution is 9.10. The predicted octanol–water partition coefficient (Wildman–Crippen LogP) is 4.27. The monoisotopic (exact) mass is 388 g/mol. The van der Waals surface area contributed by atoms with E-state index in [9.17, 15) is 9.90 Å². The van der Waals surface area contributed by atoms with E-state index in [2.05, 4.69) is 21.2 Å². The number of carbonyl (C=O) groups excluding carboxylic acids is 1. The minimum Gasteiger partial charge on any atom is -0.385 e. The molecule has 2 N–H and O–H groups in total. The topological polar surface area (TPSA) is 52.6 Å². The van der Waals surface area contributed by atoms with Crippen LogP contribution < -0.4 is 5.32 Å². The number of amides is 2. The Morgan fingerprint density at radius 3 is 2.46 bits per heavy atom. The maximum absolute atomic E-state index is 12.4. The number of rotatable bonds is 2. The van der Waals surface area contributed by atoms with Crippen LogP contribution in [0.5, 0.6) is 0 Å². The molecule has 1 heterocycles. The lowest BCUT2D eigenvalue weighted by atomic mass is 9.84. The molecular weight excluding hydrogens is 368 g/mol. The van der Waals surface area contributed by atoms with Crippen molar-refractivity contribution >= 4 is 27.6 Å². The van der Waals surface area contributed by atoms with Crippen LogP contribution in [0.3, 0.4) is 0 Å². The molecule has 2 amide bonds. The molecule has 0 radical (unpaired) electrons. The Morgan fingerprint density at radius 2 is 1.83 bits per heavy atom. The highest BCUT2D eigenvalue weighted by Crippen LogP contribution is 2.33. The van der Waals surface area contributed by atoms with Crippen LogP contribution in [0, 0.1) is 6.92 Å². The molecule has 1 aliphatic rings. The second kappa shape index (κ2) is 6.95. The van der Waals surface area contributed by atoms with Gasteiger partial charge in [-0.15, -0.1) is 0 Å². The number of benzene rings is 2. The van der Waals surface area contributed by atoms with Gasteiger partial charge >= 0.3 is 6.03 Å². The van der Waals surface area contributed by atoms with E-state index in [0.29, 0.717) is 25.9 Å². The summed E-state index contributed by atoms with van der Waals surface area (Å²) < 4.78 is 0.991. The molecule has 0 atom stereocenters. The first-order valence-corrected chi connectivity index (χ1v) is 8.87. The average molecular weight is 389 g/mol. The van der Waals surface area contributed by atoms with Crippen molar-refractivity contribution in [3.8, 4) is 0 Å². The zero-order chi connectivity index (χ0) is 17.2. The molecule has 0 saturated carbocycles. The van der Waals surface area contributed by atoms with E-state index in [1.807, 2.05) is 55.5 Å². The molecule has 3 rings (SSSR count). The fraction of sp³-hybridized carbons (Fsp3) is 0.316. The molecule has 1 fully saturated rings. The summed E-state index contributed by atoms with van der Waals surface area (Å²) in [6, 6.07) is 15.4. The van der Waals surface area contributed by atoms with Gasteiger partial charge in [-0.05, 0) is 55.2 Å². The molecule has 0 bridgehead atoms. The number of hydrogen-bond donors (Lipinski definition) is 2. The molecule has 1 aliphatic heterocycles. The predicted molar refractivity (Wildman–Crippen MR) is 99.0 cm³/mol. The lowest BCUT2D eigenvalue weighted by molar-refractivity contribution is -0.0157. The number of aliphatic hydroxyl groups is 1. The highest BCUT2D eigenvalue weighted by Gasteiger charge is 2.35. The summed E-state index contributed by atoms with van der Waals surface area (Å²) >= 11 is 3.41. The third-order valence-electron chi connectivity index (χ3n) is 4.53. The number of hydrogen-bond acceptors (Lipinski definition) is 2. The van der Waals surface area contributed by atoms with Gasteiger partial charge in [-0.3, -0.25) is 0 Å². The summed E-state index contributed by atoms with van der Waals surface area (Å²) in [5.74, 6) is 0. The molecule has 0 spiro atoms.